The summed E-state index contributed by atoms with van der Waals surface area (Å²) < 4.78 is 10.2. The largest absolute Gasteiger partial charge is 0.479 e. The Morgan fingerprint density at radius 3 is 2.28 bits per heavy atom. The molecule has 1 aromatic carbocycles. The monoisotopic (exact) mass is 445 g/mol. The van der Waals surface area contributed by atoms with Crippen LogP contribution in [0.3, 0.4) is 0 Å². The average molecular weight is 446 g/mol. The molecule has 1 aromatic rings. The number of likely N-dealkylation sites (tertiary alicyclic amines) is 1. The highest BCUT2D eigenvalue weighted by Crippen LogP contribution is 2.42. The predicted octanol–water partition coefficient (Wildman–Crippen LogP) is 3.78. The lowest BCUT2D eigenvalue weighted by Crippen LogP contribution is -2.55. The van der Waals surface area contributed by atoms with Crippen molar-refractivity contribution in [1.29, 1.82) is 0 Å². The molecule has 2 fully saturated rings. The SMILES string of the molecule is COC(=O)C1CC(c2ccc(C(=O)C[C@]3(C(=O)O)CCCN3C(=O)OC(C)(C)C)cc2)C1. The van der Waals surface area contributed by atoms with E-state index in [2.05, 4.69) is 0 Å². The molecule has 8 nitrogen and oxygen atoms in total. The highest BCUT2D eigenvalue weighted by atomic mass is 16.6. The molecule has 0 radical (unpaired) electrons. The van der Waals surface area contributed by atoms with Crippen molar-refractivity contribution in [3.8, 4) is 0 Å². The molecular weight excluding hydrogens is 414 g/mol. The molecule has 1 saturated carbocycles. The van der Waals surface area contributed by atoms with Crippen LogP contribution in [-0.4, -0.2) is 58.6 Å². The third-order valence-corrected chi connectivity index (χ3v) is 6.33. The fraction of sp³-hybridized carbons (Fsp3) is 0.583. The molecule has 8 heteroatoms. The molecule has 2 aliphatic rings. The Morgan fingerprint density at radius 2 is 1.75 bits per heavy atom. The van der Waals surface area contributed by atoms with E-state index in [1.165, 1.54) is 12.0 Å². The smallest absolute Gasteiger partial charge is 0.411 e. The van der Waals surface area contributed by atoms with Gasteiger partial charge in [0.15, 0.2) is 11.3 Å². The Labute approximate surface area is 187 Å². The van der Waals surface area contributed by atoms with Gasteiger partial charge in [-0.2, -0.15) is 0 Å². The lowest BCUT2D eigenvalue weighted by Gasteiger charge is -2.35. The maximum absolute atomic E-state index is 13.0. The van der Waals surface area contributed by atoms with Gasteiger partial charge >= 0.3 is 18.0 Å². The molecule has 174 valence electrons. The standard InChI is InChI=1S/C24H31NO7/c1-23(2,3)32-22(30)25-11-5-10-24(25,21(28)29)14-19(26)16-8-6-15(7-9-16)17-12-18(13-17)20(27)31-4/h6-9,17-18H,5,10-14H2,1-4H3,(H,28,29)/t17?,18?,24-/m0/s1. The van der Waals surface area contributed by atoms with Gasteiger partial charge in [-0.1, -0.05) is 24.3 Å². The maximum atomic E-state index is 13.0. The molecule has 0 bridgehead atoms. The molecule has 0 unspecified atom stereocenters. The van der Waals surface area contributed by atoms with Gasteiger partial charge in [-0.15, -0.1) is 0 Å². The van der Waals surface area contributed by atoms with E-state index in [9.17, 15) is 24.3 Å². The Kier molecular flexibility index (Phi) is 6.62. The summed E-state index contributed by atoms with van der Waals surface area (Å²) in [6.07, 6.45) is 1.09. The number of aliphatic carboxylic acids is 1. The Bertz CT molecular complexity index is 896. The quantitative estimate of drug-likeness (QED) is 0.524. The summed E-state index contributed by atoms with van der Waals surface area (Å²) in [4.78, 5) is 50.6. The van der Waals surface area contributed by atoms with Crippen LogP contribution in [0.2, 0.25) is 0 Å². The van der Waals surface area contributed by atoms with Crippen LogP contribution in [0.25, 0.3) is 0 Å². The van der Waals surface area contributed by atoms with Crippen LogP contribution in [-0.2, 0) is 19.1 Å². The number of methoxy groups -OCH3 is 1. The van der Waals surface area contributed by atoms with E-state index in [1.807, 2.05) is 12.1 Å². The summed E-state index contributed by atoms with van der Waals surface area (Å²) in [7, 11) is 1.38. The zero-order valence-corrected chi connectivity index (χ0v) is 19.1. The van der Waals surface area contributed by atoms with E-state index in [1.54, 1.807) is 32.9 Å². The summed E-state index contributed by atoms with van der Waals surface area (Å²) in [5.41, 5.74) is -0.946. The molecule has 1 N–H and O–H groups in total. The van der Waals surface area contributed by atoms with Crippen LogP contribution in [0, 0.1) is 5.92 Å². The van der Waals surface area contributed by atoms with Crippen molar-refractivity contribution >= 4 is 23.8 Å². The van der Waals surface area contributed by atoms with Crippen molar-refractivity contribution in [2.45, 2.75) is 69.9 Å². The van der Waals surface area contributed by atoms with Crippen molar-refractivity contribution in [3.63, 3.8) is 0 Å². The summed E-state index contributed by atoms with van der Waals surface area (Å²) in [5.74, 6) is -1.57. The third kappa shape index (κ3) is 4.79. The molecule has 1 heterocycles. The molecule has 0 aromatic heterocycles. The summed E-state index contributed by atoms with van der Waals surface area (Å²) in [5, 5.41) is 9.98. The van der Waals surface area contributed by atoms with Gasteiger partial charge in [0.1, 0.15) is 5.60 Å². The molecule has 1 aliphatic carbocycles. The second-order valence-corrected chi connectivity index (χ2v) is 9.68. The molecule has 1 aliphatic heterocycles. The molecule has 1 atom stereocenters. The number of hydrogen-bond donors (Lipinski definition) is 1. The fourth-order valence-corrected chi connectivity index (χ4v) is 4.50. The van der Waals surface area contributed by atoms with Crippen LogP contribution in [0.5, 0.6) is 0 Å². The first kappa shape index (κ1) is 23.8. The van der Waals surface area contributed by atoms with Gasteiger partial charge < -0.3 is 14.6 Å². The number of carbonyl (C=O) groups is 4. The van der Waals surface area contributed by atoms with E-state index in [0.29, 0.717) is 24.8 Å². The minimum Gasteiger partial charge on any atom is -0.479 e. The number of Topliss-reactive ketones (excluding diaryl/α,β-unsaturated/α-hetero) is 1. The second kappa shape index (κ2) is 8.92. The van der Waals surface area contributed by atoms with E-state index in [4.69, 9.17) is 9.47 Å². The molecule has 0 spiro atoms. The number of carbonyl (C=O) groups excluding carboxylic acids is 3. The van der Waals surface area contributed by atoms with Crippen molar-refractivity contribution in [3.05, 3.63) is 35.4 Å². The van der Waals surface area contributed by atoms with Crippen LogP contribution in [0.15, 0.2) is 24.3 Å². The van der Waals surface area contributed by atoms with Crippen molar-refractivity contribution in [2.24, 2.45) is 5.92 Å². The van der Waals surface area contributed by atoms with Gasteiger partial charge in [-0.25, -0.2) is 9.59 Å². The summed E-state index contributed by atoms with van der Waals surface area (Å²) >= 11 is 0. The van der Waals surface area contributed by atoms with E-state index >= 15 is 0 Å². The van der Waals surface area contributed by atoms with Crippen LogP contribution in [0.1, 0.15) is 74.7 Å². The van der Waals surface area contributed by atoms with E-state index in [0.717, 1.165) is 5.56 Å². The highest BCUT2D eigenvalue weighted by Gasteiger charge is 2.52. The molecule has 32 heavy (non-hydrogen) atoms. The van der Waals surface area contributed by atoms with Gasteiger partial charge in [0, 0.05) is 18.5 Å². The van der Waals surface area contributed by atoms with Gasteiger partial charge in [0.2, 0.25) is 0 Å². The first-order valence-corrected chi connectivity index (χ1v) is 10.9. The summed E-state index contributed by atoms with van der Waals surface area (Å²) in [6, 6.07) is 7.06. The number of nitrogens with zero attached hydrogens (tertiary/aromatic N) is 1. The number of ether oxygens (including phenoxy) is 2. The zero-order chi connectivity index (χ0) is 23.7. The Morgan fingerprint density at radius 1 is 1.12 bits per heavy atom. The topological polar surface area (TPSA) is 110 Å². The zero-order valence-electron chi connectivity index (χ0n) is 19.1. The predicted molar refractivity (Wildman–Crippen MR) is 115 cm³/mol. The molecular formula is C24H31NO7. The minimum absolute atomic E-state index is 0.0806. The van der Waals surface area contributed by atoms with Crippen LogP contribution < -0.4 is 0 Å². The maximum Gasteiger partial charge on any atom is 0.411 e. The second-order valence-electron chi connectivity index (χ2n) is 9.68. The van der Waals surface area contributed by atoms with Crippen molar-refractivity contribution in [2.75, 3.05) is 13.7 Å². The van der Waals surface area contributed by atoms with E-state index in [-0.39, 0.29) is 43.0 Å². The molecule has 1 amide bonds. The lowest BCUT2D eigenvalue weighted by atomic mass is 9.71. The summed E-state index contributed by atoms with van der Waals surface area (Å²) in [6.45, 7) is 5.37. The van der Waals surface area contributed by atoms with E-state index < -0.39 is 23.2 Å². The third-order valence-electron chi connectivity index (χ3n) is 6.33. The lowest BCUT2D eigenvalue weighted by molar-refractivity contribution is -0.149. The number of carboxylic acids is 1. The average Bonchev–Trinajstić information content (AvgIpc) is 3.11. The Balaban J connectivity index is 1.70. The number of ketones is 1. The van der Waals surface area contributed by atoms with Crippen molar-refractivity contribution in [1.82, 2.24) is 4.90 Å². The van der Waals surface area contributed by atoms with Gasteiger partial charge in [0.25, 0.3) is 0 Å². The van der Waals surface area contributed by atoms with Crippen LogP contribution >= 0.6 is 0 Å². The number of esters is 1. The van der Waals surface area contributed by atoms with Gasteiger partial charge in [-0.05, 0) is 57.9 Å². The number of rotatable bonds is 6. The number of amides is 1. The number of carboxylic acid groups (broad SMARTS) is 1. The van der Waals surface area contributed by atoms with Crippen molar-refractivity contribution < 1.29 is 33.8 Å². The molecule has 3 rings (SSSR count). The van der Waals surface area contributed by atoms with Crippen LogP contribution in [0.4, 0.5) is 4.79 Å². The number of benzene rings is 1. The fourth-order valence-electron chi connectivity index (χ4n) is 4.50. The highest BCUT2D eigenvalue weighted by molar-refractivity contribution is 6.01. The number of hydrogen-bond acceptors (Lipinski definition) is 6. The molecule has 1 saturated heterocycles. The minimum atomic E-state index is -1.61. The van der Waals surface area contributed by atoms with Gasteiger partial charge in [0.05, 0.1) is 13.0 Å². The first-order valence-electron chi connectivity index (χ1n) is 10.9. The van der Waals surface area contributed by atoms with Gasteiger partial charge in [-0.3, -0.25) is 14.5 Å². The Hall–Kier alpha value is -2.90. The normalized spacial score (nSPS) is 25.1. The first-order chi connectivity index (χ1) is 15.0.